The molecule has 4 aliphatic carbocycles. The summed E-state index contributed by atoms with van der Waals surface area (Å²) < 4.78 is 0. The molecule has 180 valence electrons. The van der Waals surface area contributed by atoms with Gasteiger partial charge in [0.15, 0.2) is 12.4 Å². The smallest absolute Gasteiger partial charge is 0.331 e. The summed E-state index contributed by atoms with van der Waals surface area (Å²) in [7, 11) is 1.76. The summed E-state index contributed by atoms with van der Waals surface area (Å²) in [5.74, 6) is -1.13. The molecule has 0 spiro atoms. The minimum absolute atomic E-state index is 0.00118. The number of fused-ring (bicyclic) bond motifs is 5. The Morgan fingerprint density at radius 3 is 2.59 bits per heavy atom. The Kier molecular flexibility index (Phi) is 6.08. The van der Waals surface area contributed by atoms with Gasteiger partial charge in [0.1, 0.15) is 12.2 Å². The molecule has 0 amide bonds. The molecule has 32 heavy (non-hydrogen) atoms. The van der Waals surface area contributed by atoms with Gasteiger partial charge < -0.3 is 20.4 Å². The molecule has 0 aromatic rings. The van der Waals surface area contributed by atoms with Gasteiger partial charge >= 0.3 is 5.97 Å². The molecule has 0 radical (unpaired) electrons. The molecule has 0 bridgehead atoms. The molecule has 3 fully saturated rings. The van der Waals surface area contributed by atoms with Crippen LogP contribution in [0.5, 0.6) is 0 Å². The van der Waals surface area contributed by atoms with E-state index in [1.54, 1.807) is 12.1 Å². The minimum Gasteiger partial charge on any atom is -0.479 e. The van der Waals surface area contributed by atoms with Gasteiger partial charge in [-0.2, -0.15) is 5.06 Å². The number of hydrogen-bond acceptors (Lipinski definition) is 7. The molecule has 4 N–H and O–H groups in total. The zero-order chi connectivity index (χ0) is 23.5. The Bertz CT molecular complexity index is 814. The Balaban J connectivity index is 1.59. The first kappa shape index (κ1) is 23.8. The van der Waals surface area contributed by atoms with Gasteiger partial charge in [-0.1, -0.05) is 25.5 Å². The SMILES string of the molecule is CN(OCC(=O)O)C1C=C2CCC3C(C(O)CC4(C)C3CC[C@]4(O)C(=O)CO)C2(C)CC1. The molecule has 8 atom stereocenters. The van der Waals surface area contributed by atoms with E-state index in [1.165, 1.54) is 5.57 Å². The van der Waals surface area contributed by atoms with Crippen LogP contribution in [-0.4, -0.2) is 75.3 Å². The first-order chi connectivity index (χ1) is 15.0. The number of aliphatic hydroxyl groups is 3. The lowest BCUT2D eigenvalue weighted by molar-refractivity contribution is -0.190. The van der Waals surface area contributed by atoms with Crippen LogP contribution in [0.25, 0.3) is 0 Å². The number of aliphatic hydroxyl groups excluding tert-OH is 2. The van der Waals surface area contributed by atoms with Crippen molar-refractivity contribution in [1.82, 2.24) is 5.06 Å². The van der Waals surface area contributed by atoms with Crippen LogP contribution in [0.15, 0.2) is 11.6 Å². The van der Waals surface area contributed by atoms with Crippen LogP contribution in [0, 0.1) is 28.6 Å². The molecule has 0 aromatic carbocycles. The third-order valence-electron chi connectivity index (χ3n) is 9.64. The van der Waals surface area contributed by atoms with Gasteiger partial charge in [0.25, 0.3) is 0 Å². The molecule has 0 heterocycles. The van der Waals surface area contributed by atoms with Crippen molar-refractivity contribution >= 4 is 11.8 Å². The Morgan fingerprint density at radius 1 is 1.22 bits per heavy atom. The van der Waals surface area contributed by atoms with Gasteiger partial charge in [0.05, 0.1) is 12.1 Å². The van der Waals surface area contributed by atoms with Crippen molar-refractivity contribution in [2.75, 3.05) is 20.3 Å². The van der Waals surface area contributed by atoms with Crippen LogP contribution < -0.4 is 0 Å². The summed E-state index contributed by atoms with van der Waals surface area (Å²) in [6, 6.07) is -0.00118. The second kappa shape index (κ2) is 8.17. The van der Waals surface area contributed by atoms with E-state index in [4.69, 9.17) is 9.94 Å². The number of allylic oxidation sites excluding steroid dienone is 1. The van der Waals surface area contributed by atoms with Crippen molar-refractivity contribution < 1.29 is 34.9 Å². The molecular formula is C24H37NO7. The molecule has 0 aromatic heterocycles. The predicted molar refractivity (Wildman–Crippen MR) is 115 cm³/mol. The number of ketones is 1. The third kappa shape index (κ3) is 3.38. The Hall–Kier alpha value is -1.32. The zero-order valence-corrected chi connectivity index (χ0v) is 19.3. The quantitative estimate of drug-likeness (QED) is 0.354. The van der Waals surface area contributed by atoms with Gasteiger partial charge in [0, 0.05) is 12.5 Å². The number of hydroxylamine groups is 2. The number of carbonyl (C=O) groups is 2. The average Bonchev–Trinajstić information content (AvgIpc) is 3.01. The van der Waals surface area contributed by atoms with E-state index in [-0.39, 0.29) is 35.8 Å². The Labute approximate surface area is 189 Å². The average molecular weight is 452 g/mol. The molecule has 0 aliphatic heterocycles. The number of Topliss-reactive ketones (excluding diaryl/α,β-unsaturated/α-hetero) is 1. The fourth-order valence-electron chi connectivity index (χ4n) is 7.97. The van der Waals surface area contributed by atoms with Crippen LogP contribution in [-0.2, 0) is 14.4 Å². The van der Waals surface area contributed by atoms with Crippen molar-refractivity contribution in [2.24, 2.45) is 28.6 Å². The maximum atomic E-state index is 12.5. The topological polar surface area (TPSA) is 128 Å². The number of hydrogen-bond donors (Lipinski definition) is 4. The van der Waals surface area contributed by atoms with E-state index < -0.39 is 35.5 Å². The highest BCUT2D eigenvalue weighted by atomic mass is 16.7. The lowest BCUT2D eigenvalue weighted by Gasteiger charge is -2.61. The van der Waals surface area contributed by atoms with E-state index in [9.17, 15) is 24.9 Å². The van der Waals surface area contributed by atoms with E-state index in [1.807, 2.05) is 6.92 Å². The maximum absolute atomic E-state index is 12.5. The highest BCUT2D eigenvalue weighted by Gasteiger charge is 2.68. The lowest BCUT2D eigenvalue weighted by atomic mass is 9.45. The van der Waals surface area contributed by atoms with Crippen LogP contribution in [0.1, 0.15) is 58.8 Å². The highest BCUT2D eigenvalue weighted by molar-refractivity contribution is 5.89. The van der Waals surface area contributed by atoms with Crippen LogP contribution in [0.3, 0.4) is 0 Å². The molecule has 8 nitrogen and oxygen atoms in total. The number of rotatable bonds is 6. The predicted octanol–water partition coefficient (Wildman–Crippen LogP) is 1.53. The fourth-order valence-corrected chi connectivity index (χ4v) is 7.97. The minimum atomic E-state index is -1.57. The summed E-state index contributed by atoms with van der Waals surface area (Å²) in [4.78, 5) is 28.7. The second-order valence-electron chi connectivity index (χ2n) is 10.9. The highest BCUT2D eigenvalue weighted by Crippen LogP contribution is 2.67. The summed E-state index contributed by atoms with van der Waals surface area (Å²) >= 11 is 0. The molecular weight excluding hydrogens is 414 g/mol. The van der Waals surface area contributed by atoms with Gasteiger partial charge in [-0.3, -0.25) is 9.63 Å². The van der Waals surface area contributed by atoms with Gasteiger partial charge in [-0.05, 0) is 68.1 Å². The molecule has 8 heteroatoms. The van der Waals surface area contributed by atoms with Gasteiger partial charge in [-0.15, -0.1) is 0 Å². The van der Waals surface area contributed by atoms with Gasteiger partial charge in [-0.25, -0.2) is 4.79 Å². The van der Waals surface area contributed by atoms with Crippen molar-refractivity contribution in [3.05, 3.63) is 11.6 Å². The van der Waals surface area contributed by atoms with E-state index >= 15 is 0 Å². The van der Waals surface area contributed by atoms with Crippen molar-refractivity contribution in [1.29, 1.82) is 0 Å². The number of likely N-dealkylation sites (N-methyl/N-ethyl adjacent to an activating group) is 1. The first-order valence-electron chi connectivity index (χ1n) is 11.8. The zero-order valence-electron chi connectivity index (χ0n) is 19.3. The molecule has 7 unspecified atom stereocenters. The third-order valence-corrected chi connectivity index (χ3v) is 9.64. The standard InChI is InChI=1S/C24H37NO7/c1-22-8-6-15(25(3)32-13-20(29)30)10-14(22)4-5-16-17-7-9-24(31,19(28)12-26)23(17,2)11-18(27)21(16)22/h10,15-18,21,26-27,31H,4-9,11-13H2,1-3H3,(H,29,30)/t15?,16?,17?,18?,21?,22?,23?,24-/m0/s1. The summed E-state index contributed by atoms with van der Waals surface area (Å²) in [5.41, 5.74) is -1.18. The number of aliphatic carboxylic acids is 1. The number of carbonyl (C=O) groups excluding carboxylic acids is 1. The van der Waals surface area contributed by atoms with Gasteiger partial charge in [0.2, 0.25) is 0 Å². The summed E-state index contributed by atoms with van der Waals surface area (Å²) in [5, 5.41) is 42.7. The van der Waals surface area contributed by atoms with Crippen molar-refractivity contribution in [3.8, 4) is 0 Å². The van der Waals surface area contributed by atoms with Crippen LogP contribution >= 0.6 is 0 Å². The lowest BCUT2D eigenvalue weighted by Crippen LogP contribution is -2.62. The second-order valence-corrected chi connectivity index (χ2v) is 10.9. The van der Waals surface area contributed by atoms with E-state index in [2.05, 4.69) is 13.0 Å². The van der Waals surface area contributed by atoms with E-state index in [0.717, 1.165) is 32.1 Å². The largest absolute Gasteiger partial charge is 0.479 e. The molecule has 4 aliphatic rings. The van der Waals surface area contributed by atoms with Crippen LogP contribution in [0.4, 0.5) is 0 Å². The maximum Gasteiger partial charge on any atom is 0.331 e. The number of nitrogens with zero attached hydrogens (tertiary/aromatic N) is 1. The van der Waals surface area contributed by atoms with Crippen molar-refractivity contribution in [2.45, 2.75) is 76.5 Å². The van der Waals surface area contributed by atoms with E-state index in [0.29, 0.717) is 12.8 Å². The first-order valence-corrected chi connectivity index (χ1v) is 11.8. The van der Waals surface area contributed by atoms with Crippen LogP contribution in [0.2, 0.25) is 0 Å². The normalized spacial score (nSPS) is 45.6. The number of carboxylic acids is 1. The molecule has 0 saturated heterocycles. The molecule has 4 rings (SSSR count). The molecule has 3 saturated carbocycles. The fraction of sp³-hybridized carbons (Fsp3) is 0.833. The monoisotopic (exact) mass is 451 g/mol. The summed E-state index contributed by atoms with van der Waals surface area (Å²) in [6.45, 7) is 3.12. The summed E-state index contributed by atoms with van der Waals surface area (Å²) in [6.07, 6.45) is 6.44. The number of carboxylic acid groups (broad SMARTS) is 1. The van der Waals surface area contributed by atoms with Crippen molar-refractivity contribution in [3.63, 3.8) is 0 Å². The Morgan fingerprint density at radius 2 is 1.94 bits per heavy atom.